The topological polar surface area (TPSA) is 16.3 Å². The van der Waals surface area contributed by atoms with Gasteiger partial charge in [0, 0.05) is 66.7 Å². The molecule has 0 unspecified atom stereocenters. The Morgan fingerprint density at radius 2 is 0.657 bits per heavy atom. The van der Waals surface area contributed by atoms with E-state index in [1.54, 1.807) is 0 Å². The highest BCUT2D eigenvalue weighted by Gasteiger charge is 2.23. The van der Waals surface area contributed by atoms with Gasteiger partial charge in [-0.25, -0.2) is 0 Å². The lowest BCUT2D eigenvalue weighted by molar-refractivity contribution is 1.17. The second-order valence-corrected chi connectivity index (χ2v) is 18.3. The fourth-order valence-electron chi connectivity index (χ4n) is 11.1. The van der Waals surface area contributed by atoms with Gasteiger partial charge in [0.1, 0.15) is 0 Å². The van der Waals surface area contributed by atoms with Gasteiger partial charge in [-0.2, -0.15) is 0 Å². The van der Waals surface area contributed by atoms with Gasteiger partial charge in [-0.1, -0.05) is 152 Å². The molecule has 0 saturated carbocycles. The minimum atomic E-state index is 1.09. The zero-order valence-corrected chi connectivity index (χ0v) is 39.0. The van der Waals surface area contributed by atoms with Crippen molar-refractivity contribution in [2.24, 2.45) is 0 Å². The Hall–Kier alpha value is -9.12. The molecule has 4 nitrogen and oxygen atoms in total. The maximum absolute atomic E-state index is 2.43. The van der Waals surface area contributed by atoms with Crippen molar-refractivity contribution in [1.82, 2.24) is 9.13 Å². The van der Waals surface area contributed by atoms with Crippen molar-refractivity contribution in [3.8, 4) is 22.5 Å². The quantitative estimate of drug-likeness (QED) is 0.144. The molecule has 0 bridgehead atoms. The van der Waals surface area contributed by atoms with E-state index in [9.17, 15) is 0 Å². The van der Waals surface area contributed by atoms with Gasteiger partial charge in [-0.3, -0.25) is 0 Å². The second-order valence-electron chi connectivity index (χ2n) is 18.3. The van der Waals surface area contributed by atoms with Crippen LogP contribution in [0.25, 0.3) is 76.9 Å². The number of hydrogen-bond acceptors (Lipinski definition) is 2. The van der Waals surface area contributed by atoms with Crippen LogP contribution in [0.1, 0.15) is 11.1 Å². The first kappa shape index (κ1) is 41.1. The number of hydrogen-bond donors (Lipinski definition) is 0. The van der Waals surface area contributed by atoms with E-state index in [1.807, 2.05) is 0 Å². The Morgan fingerprint density at radius 1 is 0.271 bits per heavy atom. The molecule has 0 spiro atoms. The summed E-state index contributed by atoms with van der Waals surface area (Å²) in [4.78, 5) is 4.81. The molecule has 0 saturated heterocycles. The van der Waals surface area contributed by atoms with E-state index in [0.29, 0.717) is 0 Å². The van der Waals surface area contributed by atoms with Gasteiger partial charge in [0.25, 0.3) is 0 Å². The van der Waals surface area contributed by atoms with E-state index in [4.69, 9.17) is 0 Å². The van der Waals surface area contributed by atoms with Gasteiger partial charge in [0.05, 0.1) is 27.8 Å². The summed E-state index contributed by atoms with van der Waals surface area (Å²) in [6.45, 7) is 4.53. The molecule has 0 aliphatic carbocycles. The highest BCUT2D eigenvalue weighted by molar-refractivity contribution is 6.11. The molecule has 0 atom stereocenters. The summed E-state index contributed by atoms with van der Waals surface area (Å²) >= 11 is 0. The number of nitrogens with zero attached hydrogens (tertiary/aromatic N) is 4. The molecule has 2 heterocycles. The number of para-hydroxylation sites is 6. The second kappa shape index (κ2) is 16.9. The maximum atomic E-state index is 2.43. The monoisotopic (exact) mass is 896 g/mol. The summed E-state index contributed by atoms with van der Waals surface area (Å²) < 4.78 is 4.79. The Balaban J connectivity index is 0.933. The number of fused-ring (bicyclic) bond motifs is 7. The molecular weight excluding hydrogens is 849 g/mol. The molecule has 11 aromatic carbocycles. The average Bonchev–Trinajstić information content (AvgIpc) is 3.93. The van der Waals surface area contributed by atoms with Crippen molar-refractivity contribution < 1.29 is 0 Å². The molecular formula is C66H48N4. The molecule has 2 aromatic heterocycles. The molecule has 0 radical (unpaired) electrons. The fourth-order valence-corrected chi connectivity index (χ4v) is 11.1. The van der Waals surface area contributed by atoms with Crippen LogP contribution in [0, 0.1) is 13.8 Å². The summed E-state index contributed by atoms with van der Waals surface area (Å²) in [6, 6.07) is 92.6. The lowest BCUT2D eigenvalue weighted by Gasteiger charge is -2.29. The molecule has 0 aliphatic rings. The van der Waals surface area contributed by atoms with Crippen molar-refractivity contribution in [1.29, 1.82) is 0 Å². The Bertz CT molecular complexity index is 4000. The number of aryl methyl sites for hydroxylation is 2. The third-order valence-corrected chi connectivity index (χ3v) is 14.1. The smallest absolute Gasteiger partial charge is 0.0543 e. The highest BCUT2D eigenvalue weighted by atomic mass is 15.2. The van der Waals surface area contributed by atoms with Crippen molar-refractivity contribution in [2.45, 2.75) is 13.8 Å². The van der Waals surface area contributed by atoms with Crippen LogP contribution >= 0.6 is 0 Å². The van der Waals surface area contributed by atoms with E-state index < -0.39 is 0 Å². The normalized spacial score (nSPS) is 11.6. The first-order valence-electron chi connectivity index (χ1n) is 24.1. The van der Waals surface area contributed by atoms with E-state index in [0.717, 1.165) is 45.5 Å². The third kappa shape index (κ3) is 6.76. The zero-order valence-electron chi connectivity index (χ0n) is 39.0. The summed E-state index contributed by atoms with van der Waals surface area (Å²) in [6.07, 6.45) is 0. The van der Waals surface area contributed by atoms with Crippen LogP contribution in [0.4, 0.5) is 34.1 Å². The molecule has 13 rings (SSSR count). The highest BCUT2D eigenvalue weighted by Crippen LogP contribution is 2.46. The lowest BCUT2D eigenvalue weighted by atomic mass is 9.89. The molecule has 0 aliphatic heterocycles. The standard InChI is InChI=1S/C66H48N4/c1-45-41-53(67(47-21-5-3-6-22-47)49-25-19-27-51(43-49)69-61-35-15-11-29-55(61)56-30-12-16-36-62(56)69)39-40-54(45)66-46(2)42-65(59-33-9-10-34-60(59)66)68(48-23-7-4-8-24-48)50-26-20-28-52(44-50)70-63-37-17-13-31-57(63)58-32-14-18-38-64(58)70/h3-44H,1-2H3. The SMILES string of the molecule is Cc1cc(N(c2ccccc2)c2cccc(-n3c4ccccc4c4ccccc43)c2)ccc1-c1c(C)cc(N(c2ccccc2)c2cccc(-n3c4ccccc4c4ccccc43)c2)c2ccccc12. The van der Waals surface area contributed by atoms with Crippen LogP contribution in [-0.2, 0) is 0 Å². The Kier molecular flexibility index (Phi) is 9.91. The molecule has 13 aromatic rings. The predicted molar refractivity (Wildman–Crippen MR) is 297 cm³/mol. The number of anilines is 6. The van der Waals surface area contributed by atoms with Crippen LogP contribution < -0.4 is 9.80 Å². The minimum Gasteiger partial charge on any atom is -0.310 e. The predicted octanol–water partition coefficient (Wildman–Crippen LogP) is 18.3. The molecule has 0 amide bonds. The van der Waals surface area contributed by atoms with Gasteiger partial charge in [0.2, 0.25) is 0 Å². The average molecular weight is 897 g/mol. The van der Waals surface area contributed by atoms with Crippen molar-refractivity contribution in [3.63, 3.8) is 0 Å². The third-order valence-electron chi connectivity index (χ3n) is 14.1. The van der Waals surface area contributed by atoms with Crippen molar-refractivity contribution in [3.05, 3.63) is 266 Å². The fraction of sp³-hybridized carbons (Fsp3) is 0.0303. The Morgan fingerprint density at radius 3 is 1.14 bits per heavy atom. The van der Waals surface area contributed by atoms with E-state index in [2.05, 4.69) is 288 Å². The van der Waals surface area contributed by atoms with Gasteiger partial charge >= 0.3 is 0 Å². The van der Waals surface area contributed by atoms with Crippen LogP contribution in [0.5, 0.6) is 0 Å². The van der Waals surface area contributed by atoms with Crippen LogP contribution in [0.2, 0.25) is 0 Å². The van der Waals surface area contributed by atoms with Crippen LogP contribution in [0.15, 0.2) is 255 Å². The summed E-state index contributed by atoms with van der Waals surface area (Å²) in [7, 11) is 0. The molecule has 4 heteroatoms. The molecule has 332 valence electrons. The first-order valence-corrected chi connectivity index (χ1v) is 24.1. The van der Waals surface area contributed by atoms with Gasteiger partial charge < -0.3 is 18.9 Å². The van der Waals surface area contributed by atoms with Gasteiger partial charge in [0.15, 0.2) is 0 Å². The number of aromatic nitrogens is 2. The maximum Gasteiger partial charge on any atom is 0.0543 e. The largest absolute Gasteiger partial charge is 0.310 e. The zero-order chi connectivity index (χ0) is 46.7. The minimum absolute atomic E-state index is 1.09. The van der Waals surface area contributed by atoms with Gasteiger partial charge in [-0.15, -0.1) is 0 Å². The number of benzene rings is 11. The first-order chi connectivity index (χ1) is 34.6. The van der Waals surface area contributed by atoms with Crippen molar-refractivity contribution >= 4 is 88.5 Å². The van der Waals surface area contributed by atoms with Crippen molar-refractivity contribution in [2.75, 3.05) is 9.80 Å². The van der Waals surface area contributed by atoms with Crippen LogP contribution in [-0.4, -0.2) is 9.13 Å². The summed E-state index contributed by atoms with van der Waals surface area (Å²) in [5.74, 6) is 0. The molecule has 0 N–H and O–H groups in total. The van der Waals surface area contributed by atoms with Crippen LogP contribution in [0.3, 0.4) is 0 Å². The molecule has 70 heavy (non-hydrogen) atoms. The van der Waals surface area contributed by atoms with E-state index >= 15 is 0 Å². The van der Waals surface area contributed by atoms with E-state index in [1.165, 1.54) is 76.6 Å². The number of rotatable bonds is 9. The molecule has 0 fully saturated rings. The van der Waals surface area contributed by atoms with E-state index in [-0.39, 0.29) is 0 Å². The lowest BCUT2D eigenvalue weighted by Crippen LogP contribution is -2.12. The Labute approximate surface area is 407 Å². The summed E-state index contributed by atoms with van der Waals surface area (Å²) in [5.41, 5.74) is 18.5. The summed E-state index contributed by atoms with van der Waals surface area (Å²) in [5, 5.41) is 7.41. The van der Waals surface area contributed by atoms with Gasteiger partial charge in [-0.05, 0) is 145 Å².